The van der Waals surface area contributed by atoms with Crippen LogP contribution in [0.15, 0.2) is 54.6 Å². The molecule has 0 bridgehead atoms. The van der Waals surface area contributed by atoms with Gasteiger partial charge in [0.25, 0.3) is 0 Å². The van der Waals surface area contributed by atoms with Gasteiger partial charge in [-0.3, -0.25) is 0 Å². The van der Waals surface area contributed by atoms with Crippen molar-refractivity contribution in [2.75, 3.05) is 13.1 Å². The average Bonchev–Trinajstić information content (AvgIpc) is 2.63. The van der Waals surface area contributed by atoms with Crippen molar-refractivity contribution in [1.82, 2.24) is 5.32 Å². The van der Waals surface area contributed by atoms with Crippen LogP contribution in [0.2, 0.25) is 10.0 Å². The fourth-order valence-corrected chi connectivity index (χ4v) is 3.59. The Morgan fingerprint density at radius 3 is 2.28 bits per heavy atom. The Hall–Kier alpha value is -1.81. The molecule has 0 radical (unpaired) electrons. The molecule has 2 aromatic rings. The topological polar surface area (TPSA) is 38.3 Å². The molecule has 0 aliphatic carbocycles. The molecule has 5 heteroatoms. The zero-order valence-electron chi connectivity index (χ0n) is 13.7. The van der Waals surface area contributed by atoms with E-state index >= 15 is 0 Å². The summed E-state index contributed by atoms with van der Waals surface area (Å²) in [5.41, 5.74) is 1.04. The summed E-state index contributed by atoms with van der Waals surface area (Å²) in [6, 6.07) is 15.1. The van der Waals surface area contributed by atoms with Crippen LogP contribution in [0.1, 0.15) is 24.0 Å². The third-order valence-electron chi connectivity index (χ3n) is 4.39. The van der Waals surface area contributed by atoms with Crippen LogP contribution in [-0.2, 0) is 15.1 Å². The minimum atomic E-state index is -0.599. The summed E-state index contributed by atoms with van der Waals surface area (Å²) >= 11 is 12.3. The number of hydrogen-bond acceptors (Lipinski definition) is 3. The van der Waals surface area contributed by atoms with Gasteiger partial charge in [0.1, 0.15) is 5.60 Å². The second-order valence-electron chi connectivity index (χ2n) is 6.00. The van der Waals surface area contributed by atoms with Gasteiger partial charge < -0.3 is 10.1 Å². The van der Waals surface area contributed by atoms with Crippen LogP contribution in [0.5, 0.6) is 0 Å². The highest BCUT2D eigenvalue weighted by atomic mass is 35.5. The van der Waals surface area contributed by atoms with Crippen molar-refractivity contribution in [3.63, 3.8) is 0 Å². The number of nitrogens with one attached hydrogen (secondary N) is 1. The van der Waals surface area contributed by atoms with E-state index in [1.54, 1.807) is 24.3 Å². The first-order chi connectivity index (χ1) is 12.1. The number of rotatable bonds is 4. The van der Waals surface area contributed by atoms with Crippen LogP contribution >= 0.6 is 23.2 Å². The van der Waals surface area contributed by atoms with Gasteiger partial charge >= 0.3 is 5.97 Å². The highest BCUT2D eigenvalue weighted by Gasteiger charge is 2.37. The van der Waals surface area contributed by atoms with Crippen molar-refractivity contribution in [3.8, 4) is 0 Å². The van der Waals surface area contributed by atoms with Crippen molar-refractivity contribution in [1.29, 1.82) is 0 Å². The third kappa shape index (κ3) is 4.24. The molecule has 3 rings (SSSR count). The second-order valence-corrected chi connectivity index (χ2v) is 6.81. The van der Waals surface area contributed by atoms with E-state index in [1.807, 2.05) is 30.3 Å². The number of benzene rings is 2. The van der Waals surface area contributed by atoms with E-state index in [0.29, 0.717) is 15.6 Å². The summed E-state index contributed by atoms with van der Waals surface area (Å²) in [6.45, 7) is 1.62. The average molecular weight is 376 g/mol. The van der Waals surface area contributed by atoms with Gasteiger partial charge in [0.2, 0.25) is 0 Å². The highest BCUT2D eigenvalue weighted by Crippen LogP contribution is 2.35. The van der Waals surface area contributed by atoms with Gasteiger partial charge in [-0.05, 0) is 36.9 Å². The summed E-state index contributed by atoms with van der Waals surface area (Å²) in [4.78, 5) is 12.5. The molecule has 1 fully saturated rings. The van der Waals surface area contributed by atoms with Gasteiger partial charge in [0.05, 0.1) is 0 Å². The van der Waals surface area contributed by atoms with Crippen LogP contribution in [0, 0.1) is 0 Å². The Kier molecular flexibility index (Phi) is 5.79. The zero-order chi connectivity index (χ0) is 17.7. The number of piperidine rings is 1. The molecular formula is C20H19Cl2NO2. The van der Waals surface area contributed by atoms with Crippen molar-refractivity contribution in [2.45, 2.75) is 18.4 Å². The minimum Gasteiger partial charge on any atom is -0.451 e. The fraction of sp³-hybridized carbons (Fsp3) is 0.250. The maximum Gasteiger partial charge on any atom is 0.331 e. The third-order valence-corrected chi connectivity index (χ3v) is 5.05. The van der Waals surface area contributed by atoms with Gasteiger partial charge in [0, 0.05) is 34.5 Å². The minimum absolute atomic E-state index is 0.401. The van der Waals surface area contributed by atoms with E-state index in [0.717, 1.165) is 31.5 Å². The number of ether oxygens (including phenoxy) is 1. The smallest absolute Gasteiger partial charge is 0.331 e. The summed E-state index contributed by atoms with van der Waals surface area (Å²) in [6.07, 6.45) is 4.47. The Morgan fingerprint density at radius 1 is 1.00 bits per heavy atom. The number of esters is 1. The van der Waals surface area contributed by atoms with Gasteiger partial charge in [-0.15, -0.1) is 0 Å². The summed E-state index contributed by atoms with van der Waals surface area (Å²) < 4.78 is 5.91. The van der Waals surface area contributed by atoms with Gasteiger partial charge in [-0.2, -0.15) is 0 Å². The molecule has 25 heavy (non-hydrogen) atoms. The maximum atomic E-state index is 12.5. The lowest BCUT2D eigenvalue weighted by molar-refractivity contribution is -0.157. The van der Waals surface area contributed by atoms with Crippen molar-refractivity contribution in [3.05, 3.63) is 75.8 Å². The fourth-order valence-electron chi connectivity index (χ4n) is 3.07. The standard InChI is InChI=1S/C20H19Cl2NO2/c21-17-7-4-8-18(22)16(17)9-10-19(24)25-20(11-13-23-14-12-20)15-5-2-1-3-6-15/h1-10,23H,11-14H2/b10-9+. The summed E-state index contributed by atoms with van der Waals surface area (Å²) in [5.74, 6) is -0.401. The Labute approximate surface area is 157 Å². The normalized spacial score (nSPS) is 16.7. The quantitative estimate of drug-likeness (QED) is 0.614. The van der Waals surface area contributed by atoms with Crippen molar-refractivity contribution >= 4 is 35.2 Å². The SMILES string of the molecule is O=C(/C=C/c1c(Cl)cccc1Cl)OC1(c2ccccc2)CCNCC1. The van der Waals surface area contributed by atoms with Crippen LogP contribution < -0.4 is 5.32 Å². The first-order valence-corrected chi connectivity index (χ1v) is 8.98. The molecule has 0 spiro atoms. The maximum absolute atomic E-state index is 12.5. The van der Waals surface area contributed by atoms with E-state index in [-0.39, 0.29) is 0 Å². The van der Waals surface area contributed by atoms with Gasteiger partial charge in [-0.25, -0.2) is 4.79 Å². The van der Waals surface area contributed by atoms with E-state index in [1.165, 1.54) is 6.08 Å². The number of carbonyl (C=O) groups is 1. The van der Waals surface area contributed by atoms with E-state index < -0.39 is 11.6 Å². The number of halogens is 2. The van der Waals surface area contributed by atoms with Crippen LogP contribution in [0.4, 0.5) is 0 Å². The molecule has 1 N–H and O–H groups in total. The Bertz CT molecular complexity index is 748. The predicted octanol–water partition coefficient (Wildman–Crippen LogP) is 4.83. The van der Waals surface area contributed by atoms with E-state index in [2.05, 4.69) is 5.32 Å². The summed E-state index contributed by atoms with van der Waals surface area (Å²) in [7, 11) is 0. The monoisotopic (exact) mass is 375 g/mol. The predicted molar refractivity (Wildman–Crippen MR) is 102 cm³/mol. The molecule has 0 atom stereocenters. The van der Waals surface area contributed by atoms with E-state index in [4.69, 9.17) is 27.9 Å². The molecule has 0 amide bonds. The first kappa shape index (κ1) is 18.0. The largest absolute Gasteiger partial charge is 0.451 e. The summed E-state index contributed by atoms with van der Waals surface area (Å²) in [5, 5.41) is 4.30. The molecule has 1 aliphatic rings. The molecule has 0 saturated carbocycles. The molecule has 1 heterocycles. The molecular weight excluding hydrogens is 357 g/mol. The molecule has 1 saturated heterocycles. The van der Waals surface area contributed by atoms with Crippen LogP contribution in [0.3, 0.4) is 0 Å². The Morgan fingerprint density at radius 2 is 1.64 bits per heavy atom. The lowest BCUT2D eigenvalue weighted by Crippen LogP contribution is -2.42. The molecule has 2 aromatic carbocycles. The molecule has 130 valence electrons. The van der Waals surface area contributed by atoms with Crippen LogP contribution in [0.25, 0.3) is 6.08 Å². The Balaban J connectivity index is 1.80. The lowest BCUT2D eigenvalue weighted by Gasteiger charge is -2.37. The number of hydrogen-bond donors (Lipinski definition) is 1. The highest BCUT2D eigenvalue weighted by molar-refractivity contribution is 6.37. The van der Waals surface area contributed by atoms with Crippen molar-refractivity contribution < 1.29 is 9.53 Å². The molecule has 3 nitrogen and oxygen atoms in total. The van der Waals surface area contributed by atoms with Gasteiger partial charge in [0.15, 0.2) is 0 Å². The lowest BCUT2D eigenvalue weighted by atomic mass is 9.85. The van der Waals surface area contributed by atoms with Crippen LogP contribution in [-0.4, -0.2) is 19.1 Å². The number of carbonyl (C=O) groups excluding carboxylic acids is 1. The molecule has 0 unspecified atom stereocenters. The molecule has 0 aromatic heterocycles. The molecule has 1 aliphatic heterocycles. The van der Waals surface area contributed by atoms with Gasteiger partial charge in [-0.1, -0.05) is 59.6 Å². The van der Waals surface area contributed by atoms with E-state index in [9.17, 15) is 4.79 Å². The second kappa shape index (κ2) is 8.05. The van der Waals surface area contributed by atoms with Crippen molar-refractivity contribution in [2.24, 2.45) is 0 Å². The first-order valence-electron chi connectivity index (χ1n) is 8.22. The zero-order valence-corrected chi connectivity index (χ0v) is 15.2.